The Balaban J connectivity index is 1.52. The number of aryl methyl sites for hydroxylation is 1. The smallest absolute Gasteiger partial charge is 0.138 e. The van der Waals surface area contributed by atoms with Crippen LogP contribution in [0.5, 0.6) is 5.75 Å². The average molecular weight is 348 g/mol. The van der Waals surface area contributed by atoms with Crippen molar-refractivity contribution in [1.29, 1.82) is 0 Å². The zero-order valence-electron chi connectivity index (χ0n) is 15.3. The molecule has 0 aliphatic carbocycles. The zero-order chi connectivity index (χ0) is 17.9. The lowest BCUT2D eigenvalue weighted by molar-refractivity contribution is 0.0288. The highest BCUT2D eigenvalue weighted by Gasteiger charge is 2.27. The second kappa shape index (κ2) is 7.36. The normalized spacial score (nSPS) is 17.5. The van der Waals surface area contributed by atoms with Crippen molar-refractivity contribution in [3.63, 3.8) is 0 Å². The summed E-state index contributed by atoms with van der Waals surface area (Å²) in [5, 5.41) is 0. The van der Waals surface area contributed by atoms with E-state index in [0.717, 1.165) is 31.1 Å². The van der Waals surface area contributed by atoms with Crippen molar-refractivity contribution in [2.24, 2.45) is 0 Å². The number of ether oxygens (including phenoxy) is 2. The largest absolute Gasteiger partial charge is 0.497 e. The Morgan fingerprint density at radius 2 is 1.96 bits per heavy atom. The van der Waals surface area contributed by atoms with Gasteiger partial charge in [0.25, 0.3) is 0 Å². The Morgan fingerprint density at radius 1 is 1.12 bits per heavy atom. The molecule has 26 heavy (non-hydrogen) atoms. The standard InChI is InChI=1S/C22H24N2O2/c1-17-4-3-5-18(14-17)15-24-12-13-26-22(24)19-10-11-23(16-19)20-6-8-21(25-2)9-7-20/h3-11,14,16,22H,12-13,15H2,1-2H3/t22-/m0/s1. The first-order valence-electron chi connectivity index (χ1n) is 8.96. The molecule has 4 rings (SSSR count). The Kier molecular flexibility index (Phi) is 4.78. The summed E-state index contributed by atoms with van der Waals surface area (Å²) in [7, 11) is 1.68. The van der Waals surface area contributed by atoms with Crippen LogP contribution in [0.3, 0.4) is 0 Å². The minimum atomic E-state index is 0.00927. The number of rotatable bonds is 5. The number of aromatic nitrogens is 1. The maximum atomic E-state index is 6.03. The van der Waals surface area contributed by atoms with Gasteiger partial charge < -0.3 is 14.0 Å². The number of benzene rings is 2. The van der Waals surface area contributed by atoms with Crippen LogP contribution in [0, 0.1) is 6.92 Å². The third-order valence-corrected chi connectivity index (χ3v) is 4.83. The van der Waals surface area contributed by atoms with Crippen molar-refractivity contribution in [3.8, 4) is 11.4 Å². The SMILES string of the molecule is COc1ccc(-n2ccc([C@@H]3OCCN3Cc3cccc(C)c3)c2)cc1. The Labute approximate surface area is 154 Å². The van der Waals surface area contributed by atoms with Crippen molar-refractivity contribution in [3.05, 3.63) is 83.7 Å². The molecule has 0 spiro atoms. The topological polar surface area (TPSA) is 26.6 Å². The first kappa shape index (κ1) is 16.9. The molecule has 3 aromatic rings. The van der Waals surface area contributed by atoms with Crippen molar-refractivity contribution in [2.75, 3.05) is 20.3 Å². The molecular formula is C22H24N2O2. The predicted octanol–water partition coefficient (Wildman–Crippen LogP) is 4.33. The van der Waals surface area contributed by atoms with E-state index >= 15 is 0 Å². The quantitative estimate of drug-likeness (QED) is 0.687. The van der Waals surface area contributed by atoms with Crippen LogP contribution in [-0.4, -0.2) is 29.7 Å². The van der Waals surface area contributed by atoms with Gasteiger partial charge in [0.1, 0.15) is 12.0 Å². The molecule has 4 nitrogen and oxygen atoms in total. The van der Waals surface area contributed by atoms with Gasteiger partial charge in [-0.1, -0.05) is 29.8 Å². The molecule has 134 valence electrons. The maximum absolute atomic E-state index is 6.03. The van der Waals surface area contributed by atoms with Crippen LogP contribution in [-0.2, 0) is 11.3 Å². The van der Waals surface area contributed by atoms with Crippen LogP contribution in [0.15, 0.2) is 67.0 Å². The van der Waals surface area contributed by atoms with E-state index in [1.165, 1.54) is 16.7 Å². The fourth-order valence-corrected chi connectivity index (χ4v) is 3.49. The molecule has 0 N–H and O–H groups in total. The summed E-state index contributed by atoms with van der Waals surface area (Å²) in [6.07, 6.45) is 4.25. The van der Waals surface area contributed by atoms with E-state index in [4.69, 9.17) is 9.47 Å². The number of hydrogen-bond acceptors (Lipinski definition) is 3. The molecule has 0 saturated carbocycles. The molecule has 4 heteroatoms. The lowest BCUT2D eigenvalue weighted by Crippen LogP contribution is -2.23. The van der Waals surface area contributed by atoms with Crippen molar-refractivity contribution < 1.29 is 9.47 Å². The first-order valence-corrected chi connectivity index (χ1v) is 8.96. The molecule has 0 bridgehead atoms. The summed E-state index contributed by atoms with van der Waals surface area (Å²) in [6.45, 7) is 4.76. The summed E-state index contributed by atoms with van der Waals surface area (Å²) < 4.78 is 13.4. The lowest BCUT2D eigenvalue weighted by Gasteiger charge is -2.22. The van der Waals surface area contributed by atoms with E-state index < -0.39 is 0 Å². The van der Waals surface area contributed by atoms with E-state index in [2.05, 4.69) is 71.2 Å². The summed E-state index contributed by atoms with van der Waals surface area (Å²) in [4.78, 5) is 2.39. The van der Waals surface area contributed by atoms with Gasteiger partial charge in [-0.05, 0) is 42.8 Å². The lowest BCUT2D eigenvalue weighted by atomic mass is 10.1. The van der Waals surface area contributed by atoms with Crippen molar-refractivity contribution in [2.45, 2.75) is 19.7 Å². The highest BCUT2D eigenvalue weighted by molar-refractivity contribution is 5.39. The Bertz CT molecular complexity index is 870. The fourth-order valence-electron chi connectivity index (χ4n) is 3.49. The van der Waals surface area contributed by atoms with Crippen molar-refractivity contribution in [1.82, 2.24) is 9.47 Å². The molecule has 2 heterocycles. The third kappa shape index (κ3) is 3.52. The third-order valence-electron chi connectivity index (χ3n) is 4.83. The molecule has 1 atom stereocenters. The van der Waals surface area contributed by atoms with E-state index in [1.807, 2.05) is 12.1 Å². The first-order chi connectivity index (χ1) is 12.7. The number of hydrogen-bond donors (Lipinski definition) is 0. The number of nitrogens with zero attached hydrogens (tertiary/aromatic N) is 2. The van der Waals surface area contributed by atoms with Gasteiger partial charge in [0, 0.05) is 36.7 Å². The van der Waals surface area contributed by atoms with Crippen LogP contribution in [0.1, 0.15) is 22.9 Å². The second-order valence-electron chi connectivity index (χ2n) is 6.73. The summed E-state index contributed by atoms with van der Waals surface area (Å²) in [6, 6.07) is 18.9. The van der Waals surface area contributed by atoms with Gasteiger partial charge in [-0.2, -0.15) is 0 Å². The van der Waals surface area contributed by atoms with Gasteiger partial charge in [-0.15, -0.1) is 0 Å². The van der Waals surface area contributed by atoms with Crippen LogP contribution in [0.25, 0.3) is 5.69 Å². The second-order valence-corrected chi connectivity index (χ2v) is 6.73. The predicted molar refractivity (Wildman–Crippen MR) is 103 cm³/mol. The maximum Gasteiger partial charge on any atom is 0.138 e. The highest BCUT2D eigenvalue weighted by Crippen LogP contribution is 2.29. The Morgan fingerprint density at radius 3 is 2.73 bits per heavy atom. The van der Waals surface area contributed by atoms with E-state index in [9.17, 15) is 0 Å². The van der Waals surface area contributed by atoms with E-state index in [-0.39, 0.29) is 6.23 Å². The zero-order valence-corrected chi connectivity index (χ0v) is 15.3. The molecule has 2 aromatic carbocycles. The molecule has 0 radical (unpaired) electrons. The van der Waals surface area contributed by atoms with Crippen molar-refractivity contribution >= 4 is 0 Å². The summed E-state index contributed by atoms with van der Waals surface area (Å²) in [5.74, 6) is 0.865. The van der Waals surface area contributed by atoms with E-state index in [1.54, 1.807) is 7.11 Å². The van der Waals surface area contributed by atoms with Crippen LogP contribution in [0.4, 0.5) is 0 Å². The summed E-state index contributed by atoms with van der Waals surface area (Å²) in [5.41, 5.74) is 4.92. The number of methoxy groups -OCH3 is 1. The molecule has 1 aliphatic rings. The monoisotopic (exact) mass is 348 g/mol. The molecule has 1 aromatic heterocycles. The average Bonchev–Trinajstić information content (AvgIpc) is 3.31. The van der Waals surface area contributed by atoms with Gasteiger partial charge in [0.2, 0.25) is 0 Å². The van der Waals surface area contributed by atoms with Gasteiger partial charge >= 0.3 is 0 Å². The van der Waals surface area contributed by atoms with Gasteiger partial charge in [0.05, 0.1) is 13.7 Å². The van der Waals surface area contributed by atoms with Crippen LogP contribution >= 0.6 is 0 Å². The molecule has 1 aliphatic heterocycles. The molecule has 0 unspecified atom stereocenters. The molecule has 1 saturated heterocycles. The molecule has 0 amide bonds. The summed E-state index contributed by atoms with van der Waals surface area (Å²) >= 11 is 0. The molecule has 1 fully saturated rings. The van der Waals surface area contributed by atoms with Crippen LogP contribution in [0.2, 0.25) is 0 Å². The minimum absolute atomic E-state index is 0.00927. The highest BCUT2D eigenvalue weighted by atomic mass is 16.5. The van der Waals surface area contributed by atoms with Gasteiger partial charge in [0.15, 0.2) is 0 Å². The fraction of sp³-hybridized carbons (Fsp3) is 0.273. The van der Waals surface area contributed by atoms with Crippen LogP contribution < -0.4 is 4.74 Å². The molecular weight excluding hydrogens is 324 g/mol. The Hall–Kier alpha value is -2.56. The van der Waals surface area contributed by atoms with Gasteiger partial charge in [-0.25, -0.2) is 0 Å². The van der Waals surface area contributed by atoms with E-state index in [0.29, 0.717) is 0 Å². The van der Waals surface area contributed by atoms with Gasteiger partial charge in [-0.3, -0.25) is 4.90 Å². The minimum Gasteiger partial charge on any atom is -0.497 e.